The van der Waals surface area contributed by atoms with Crippen molar-refractivity contribution in [1.82, 2.24) is 10.2 Å². The predicted octanol–water partition coefficient (Wildman–Crippen LogP) is 2.54. The number of rotatable bonds is 3. The summed E-state index contributed by atoms with van der Waals surface area (Å²) >= 11 is 0. The second kappa shape index (κ2) is 4.84. The SMILES string of the molecule is CC1(C2CC2)CN(Cc2cccc(F)c2F)CCN1. The van der Waals surface area contributed by atoms with Gasteiger partial charge in [-0.05, 0) is 31.7 Å². The van der Waals surface area contributed by atoms with Crippen LogP contribution in [0.2, 0.25) is 0 Å². The molecule has 104 valence electrons. The molecule has 0 bridgehead atoms. The van der Waals surface area contributed by atoms with Gasteiger partial charge < -0.3 is 5.32 Å². The molecule has 19 heavy (non-hydrogen) atoms. The molecular formula is C15H20F2N2. The van der Waals surface area contributed by atoms with Crippen LogP contribution in [0.3, 0.4) is 0 Å². The van der Waals surface area contributed by atoms with Crippen LogP contribution in [0.15, 0.2) is 18.2 Å². The minimum absolute atomic E-state index is 0.141. The van der Waals surface area contributed by atoms with Gasteiger partial charge in [-0.1, -0.05) is 12.1 Å². The highest BCUT2D eigenvalue weighted by molar-refractivity contribution is 5.19. The smallest absolute Gasteiger partial charge is 0.163 e. The Morgan fingerprint density at radius 3 is 2.89 bits per heavy atom. The van der Waals surface area contributed by atoms with Crippen molar-refractivity contribution in [2.45, 2.75) is 31.8 Å². The first kappa shape index (κ1) is 13.0. The van der Waals surface area contributed by atoms with Crippen LogP contribution in [0.1, 0.15) is 25.3 Å². The molecule has 1 N–H and O–H groups in total. The molecule has 1 saturated heterocycles. The fraction of sp³-hybridized carbons (Fsp3) is 0.600. The van der Waals surface area contributed by atoms with Crippen molar-refractivity contribution in [3.8, 4) is 0 Å². The third kappa shape index (κ3) is 2.65. The third-order valence-electron chi connectivity index (χ3n) is 4.41. The lowest BCUT2D eigenvalue weighted by atomic mass is 9.92. The van der Waals surface area contributed by atoms with E-state index in [1.165, 1.54) is 18.9 Å². The van der Waals surface area contributed by atoms with Crippen LogP contribution >= 0.6 is 0 Å². The highest BCUT2D eigenvalue weighted by atomic mass is 19.2. The molecule has 0 aromatic heterocycles. The van der Waals surface area contributed by atoms with Gasteiger partial charge in [0.05, 0.1) is 0 Å². The second-order valence-electron chi connectivity index (χ2n) is 6.04. The summed E-state index contributed by atoms with van der Waals surface area (Å²) in [4.78, 5) is 2.23. The maximum absolute atomic E-state index is 13.7. The lowest BCUT2D eigenvalue weighted by Gasteiger charge is -2.42. The van der Waals surface area contributed by atoms with Gasteiger partial charge in [0.2, 0.25) is 0 Å². The number of nitrogens with one attached hydrogen (secondary N) is 1. The van der Waals surface area contributed by atoms with Crippen LogP contribution in [-0.2, 0) is 6.54 Å². The summed E-state index contributed by atoms with van der Waals surface area (Å²) in [5.41, 5.74) is 0.599. The zero-order chi connectivity index (χ0) is 13.5. The lowest BCUT2D eigenvalue weighted by Crippen LogP contribution is -2.59. The Morgan fingerprint density at radius 1 is 1.37 bits per heavy atom. The largest absolute Gasteiger partial charge is 0.309 e. The van der Waals surface area contributed by atoms with Crippen molar-refractivity contribution in [1.29, 1.82) is 0 Å². The van der Waals surface area contributed by atoms with Crippen molar-refractivity contribution in [3.63, 3.8) is 0 Å². The van der Waals surface area contributed by atoms with E-state index in [0.717, 1.165) is 25.6 Å². The number of nitrogens with zero attached hydrogens (tertiary/aromatic N) is 1. The summed E-state index contributed by atoms with van der Waals surface area (Å²) in [5.74, 6) is -0.709. The van der Waals surface area contributed by atoms with Crippen molar-refractivity contribution in [3.05, 3.63) is 35.4 Å². The Balaban J connectivity index is 1.71. The van der Waals surface area contributed by atoms with Crippen molar-refractivity contribution in [2.24, 2.45) is 5.92 Å². The van der Waals surface area contributed by atoms with Crippen molar-refractivity contribution >= 4 is 0 Å². The molecule has 1 aromatic rings. The van der Waals surface area contributed by atoms with Gasteiger partial charge >= 0.3 is 0 Å². The fourth-order valence-electron chi connectivity index (χ4n) is 3.14. The summed E-state index contributed by atoms with van der Waals surface area (Å²) in [6.07, 6.45) is 2.57. The molecule has 0 amide bonds. The van der Waals surface area contributed by atoms with E-state index in [1.807, 2.05) is 0 Å². The monoisotopic (exact) mass is 266 g/mol. The first-order valence-corrected chi connectivity index (χ1v) is 6.99. The zero-order valence-electron chi connectivity index (χ0n) is 11.3. The van der Waals surface area contributed by atoms with Gasteiger partial charge in [0.15, 0.2) is 11.6 Å². The zero-order valence-corrected chi connectivity index (χ0v) is 11.3. The minimum Gasteiger partial charge on any atom is -0.309 e. The molecule has 3 rings (SSSR count). The molecule has 1 aliphatic carbocycles. The van der Waals surface area contributed by atoms with E-state index >= 15 is 0 Å². The minimum atomic E-state index is -0.752. The van der Waals surface area contributed by atoms with E-state index in [9.17, 15) is 8.78 Å². The molecule has 1 unspecified atom stereocenters. The van der Waals surface area contributed by atoms with Crippen LogP contribution in [0.25, 0.3) is 0 Å². The van der Waals surface area contributed by atoms with E-state index in [4.69, 9.17) is 0 Å². The number of benzene rings is 1. The van der Waals surface area contributed by atoms with Crippen LogP contribution < -0.4 is 5.32 Å². The molecule has 2 nitrogen and oxygen atoms in total. The molecule has 1 saturated carbocycles. The summed E-state index contributed by atoms with van der Waals surface area (Å²) in [6.45, 7) is 5.46. The van der Waals surface area contributed by atoms with Crippen LogP contribution in [0, 0.1) is 17.6 Å². The standard InChI is InChI=1S/C15H20F2N2/c1-15(12-5-6-12)10-19(8-7-18-15)9-11-3-2-4-13(16)14(11)17/h2-4,12,18H,5-10H2,1H3. The summed E-state index contributed by atoms with van der Waals surface area (Å²) in [5, 5.41) is 3.59. The quantitative estimate of drug-likeness (QED) is 0.904. The van der Waals surface area contributed by atoms with Crippen molar-refractivity contribution < 1.29 is 8.78 Å². The summed E-state index contributed by atoms with van der Waals surface area (Å²) < 4.78 is 26.9. The number of hydrogen-bond acceptors (Lipinski definition) is 2. The highest BCUT2D eigenvalue weighted by Crippen LogP contribution is 2.40. The molecule has 0 spiro atoms. The van der Waals surface area contributed by atoms with Gasteiger partial charge in [0.1, 0.15) is 0 Å². The molecular weight excluding hydrogens is 246 g/mol. The normalized spacial score (nSPS) is 28.6. The van der Waals surface area contributed by atoms with Gasteiger partial charge in [-0.3, -0.25) is 4.90 Å². The maximum atomic E-state index is 13.7. The molecule has 2 fully saturated rings. The Hall–Kier alpha value is -1.00. The molecule has 1 aromatic carbocycles. The summed E-state index contributed by atoms with van der Waals surface area (Å²) in [7, 11) is 0. The number of piperazine rings is 1. The molecule has 4 heteroatoms. The Morgan fingerprint density at radius 2 is 2.16 bits per heavy atom. The number of hydrogen-bond donors (Lipinski definition) is 1. The van der Waals surface area contributed by atoms with E-state index < -0.39 is 11.6 Å². The average Bonchev–Trinajstić information content (AvgIpc) is 3.20. The van der Waals surface area contributed by atoms with E-state index in [0.29, 0.717) is 12.1 Å². The highest BCUT2D eigenvalue weighted by Gasteiger charge is 2.43. The third-order valence-corrected chi connectivity index (χ3v) is 4.41. The molecule has 2 aliphatic rings. The molecule has 0 radical (unpaired) electrons. The Bertz CT molecular complexity index is 473. The first-order valence-electron chi connectivity index (χ1n) is 6.99. The van der Waals surface area contributed by atoms with E-state index in [-0.39, 0.29) is 5.54 Å². The second-order valence-corrected chi connectivity index (χ2v) is 6.04. The molecule has 1 atom stereocenters. The maximum Gasteiger partial charge on any atom is 0.163 e. The fourth-order valence-corrected chi connectivity index (χ4v) is 3.14. The lowest BCUT2D eigenvalue weighted by molar-refractivity contribution is 0.120. The summed E-state index contributed by atoms with van der Waals surface area (Å²) in [6, 6.07) is 4.43. The first-order chi connectivity index (χ1) is 9.08. The predicted molar refractivity (Wildman–Crippen MR) is 70.8 cm³/mol. The van der Waals surface area contributed by atoms with Gasteiger partial charge in [-0.25, -0.2) is 8.78 Å². The average molecular weight is 266 g/mol. The van der Waals surface area contributed by atoms with Gasteiger partial charge in [-0.15, -0.1) is 0 Å². The van der Waals surface area contributed by atoms with Gasteiger partial charge in [-0.2, -0.15) is 0 Å². The molecule has 1 heterocycles. The Kier molecular flexibility index (Phi) is 3.31. The van der Waals surface area contributed by atoms with E-state index in [2.05, 4.69) is 17.1 Å². The van der Waals surface area contributed by atoms with Gasteiger partial charge in [0, 0.05) is 37.3 Å². The topological polar surface area (TPSA) is 15.3 Å². The van der Waals surface area contributed by atoms with Crippen LogP contribution in [0.4, 0.5) is 8.78 Å². The number of halogens is 2. The molecule has 1 aliphatic heterocycles. The van der Waals surface area contributed by atoms with Crippen LogP contribution in [0.5, 0.6) is 0 Å². The van der Waals surface area contributed by atoms with E-state index in [1.54, 1.807) is 12.1 Å². The van der Waals surface area contributed by atoms with Gasteiger partial charge in [0.25, 0.3) is 0 Å². The van der Waals surface area contributed by atoms with Crippen molar-refractivity contribution in [2.75, 3.05) is 19.6 Å². The van der Waals surface area contributed by atoms with Crippen LogP contribution in [-0.4, -0.2) is 30.1 Å². The Labute approximate surface area is 112 Å².